The summed E-state index contributed by atoms with van der Waals surface area (Å²) in [7, 11) is 2.11. The number of nitrogens with zero attached hydrogens (tertiary/aromatic N) is 4. The number of likely N-dealkylation sites (N-methyl/N-ethyl adjacent to an activating group) is 1. The van der Waals surface area contributed by atoms with Crippen LogP contribution in [0.4, 0.5) is 11.6 Å². The highest BCUT2D eigenvalue weighted by Crippen LogP contribution is 2.21. The summed E-state index contributed by atoms with van der Waals surface area (Å²) in [5.41, 5.74) is 4.14. The number of para-hydroxylation sites is 1. The van der Waals surface area contributed by atoms with E-state index in [1.807, 2.05) is 39.0 Å². The molecule has 1 aliphatic heterocycles. The van der Waals surface area contributed by atoms with E-state index in [1.54, 1.807) is 6.07 Å². The van der Waals surface area contributed by atoms with Crippen molar-refractivity contribution < 1.29 is 4.79 Å². The summed E-state index contributed by atoms with van der Waals surface area (Å²) in [6.45, 7) is 9.57. The fourth-order valence-corrected chi connectivity index (χ4v) is 3.01. The molecule has 1 fully saturated rings. The predicted octanol–water partition coefficient (Wildman–Crippen LogP) is 2.41. The van der Waals surface area contributed by atoms with Crippen molar-refractivity contribution in [2.45, 2.75) is 20.8 Å². The van der Waals surface area contributed by atoms with Gasteiger partial charge in [0.15, 0.2) is 0 Å². The maximum atomic E-state index is 12.7. The molecular formula is C19H25N5O. The van der Waals surface area contributed by atoms with Crippen LogP contribution >= 0.6 is 0 Å². The highest BCUT2D eigenvalue weighted by atomic mass is 16.1. The lowest BCUT2D eigenvalue weighted by Gasteiger charge is -2.32. The van der Waals surface area contributed by atoms with Crippen LogP contribution in [0.5, 0.6) is 0 Å². The van der Waals surface area contributed by atoms with E-state index < -0.39 is 0 Å². The predicted molar refractivity (Wildman–Crippen MR) is 100 cm³/mol. The van der Waals surface area contributed by atoms with E-state index in [1.165, 1.54) is 0 Å². The Hall–Kier alpha value is -2.47. The molecule has 6 heteroatoms. The molecule has 1 aliphatic rings. The van der Waals surface area contributed by atoms with Crippen molar-refractivity contribution in [2.24, 2.45) is 0 Å². The molecule has 0 bridgehead atoms. The van der Waals surface area contributed by atoms with E-state index in [9.17, 15) is 4.79 Å². The topological polar surface area (TPSA) is 61.4 Å². The first kappa shape index (κ1) is 17.4. The molecule has 0 atom stereocenters. The van der Waals surface area contributed by atoms with Gasteiger partial charge in [-0.05, 0) is 45.0 Å². The molecule has 1 aromatic carbocycles. The molecule has 0 unspecified atom stereocenters. The zero-order valence-electron chi connectivity index (χ0n) is 15.3. The zero-order valence-corrected chi connectivity index (χ0v) is 15.3. The third-order valence-corrected chi connectivity index (χ3v) is 4.58. The zero-order chi connectivity index (χ0) is 18.0. The summed E-state index contributed by atoms with van der Waals surface area (Å²) in [5, 5.41) is 3.00. The second kappa shape index (κ2) is 7.19. The average molecular weight is 339 g/mol. The summed E-state index contributed by atoms with van der Waals surface area (Å²) in [6, 6.07) is 7.70. The normalized spacial score (nSPS) is 15.3. The van der Waals surface area contributed by atoms with Gasteiger partial charge in [-0.1, -0.05) is 18.2 Å². The number of hydrogen-bond donors (Lipinski definition) is 1. The number of benzene rings is 1. The largest absolute Gasteiger partial charge is 0.338 e. The summed E-state index contributed by atoms with van der Waals surface area (Å²) < 4.78 is 0. The standard InChI is InChI=1S/C19H25N5O/c1-13-6-5-7-14(2)17(13)22-18(25)16-12-15(3)20-19(21-16)24-10-8-23(4)9-11-24/h5-7,12H,8-11H2,1-4H3,(H,22,25). The summed E-state index contributed by atoms with van der Waals surface area (Å²) in [4.78, 5) is 26.2. The molecule has 0 spiro atoms. The molecule has 25 heavy (non-hydrogen) atoms. The summed E-state index contributed by atoms with van der Waals surface area (Å²) in [5.74, 6) is 0.443. The molecule has 1 saturated heterocycles. The number of rotatable bonds is 3. The van der Waals surface area contributed by atoms with Gasteiger partial charge in [-0.3, -0.25) is 4.79 Å². The van der Waals surface area contributed by atoms with Crippen molar-refractivity contribution in [3.8, 4) is 0 Å². The smallest absolute Gasteiger partial charge is 0.274 e. The number of carbonyl (C=O) groups excluding carboxylic acids is 1. The van der Waals surface area contributed by atoms with Gasteiger partial charge in [0.1, 0.15) is 5.69 Å². The fourth-order valence-electron chi connectivity index (χ4n) is 3.01. The average Bonchev–Trinajstić information content (AvgIpc) is 2.58. The molecule has 2 heterocycles. The third-order valence-electron chi connectivity index (χ3n) is 4.58. The number of aryl methyl sites for hydroxylation is 3. The Morgan fingerprint density at radius 3 is 2.32 bits per heavy atom. The summed E-state index contributed by atoms with van der Waals surface area (Å²) >= 11 is 0. The quantitative estimate of drug-likeness (QED) is 0.930. The van der Waals surface area contributed by atoms with Crippen molar-refractivity contribution in [3.05, 3.63) is 46.8 Å². The van der Waals surface area contributed by atoms with E-state index in [4.69, 9.17) is 0 Å². The Kier molecular flexibility index (Phi) is 4.99. The van der Waals surface area contributed by atoms with E-state index >= 15 is 0 Å². The Balaban J connectivity index is 1.83. The van der Waals surface area contributed by atoms with Crippen molar-refractivity contribution >= 4 is 17.5 Å². The molecule has 1 amide bonds. The number of piperazine rings is 1. The van der Waals surface area contributed by atoms with E-state index in [0.29, 0.717) is 11.6 Å². The van der Waals surface area contributed by atoms with E-state index in [2.05, 4.69) is 32.1 Å². The monoisotopic (exact) mass is 339 g/mol. The van der Waals surface area contributed by atoms with Crippen LogP contribution < -0.4 is 10.2 Å². The van der Waals surface area contributed by atoms with Gasteiger partial charge in [0.25, 0.3) is 5.91 Å². The van der Waals surface area contributed by atoms with E-state index in [0.717, 1.165) is 48.7 Å². The van der Waals surface area contributed by atoms with Crippen LogP contribution in [0.1, 0.15) is 27.3 Å². The first-order chi connectivity index (χ1) is 11.9. The lowest BCUT2D eigenvalue weighted by Crippen LogP contribution is -2.45. The van der Waals surface area contributed by atoms with Gasteiger partial charge < -0.3 is 15.1 Å². The molecule has 1 aromatic heterocycles. The molecule has 3 rings (SSSR count). The van der Waals surface area contributed by atoms with Gasteiger partial charge in [0.2, 0.25) is 5.95 Å². The molecule has 0 aliphatic carbocycles. The first-order valence-electron chi connectivity index (χ1n) is 8.61. The number of hydrogen-bond acceptors (Lipinski definition) is 5. The Labute approximate surface area is 148 Å². The van der Waals surface area contributed by atoms with Gasteiger partial charge in [-0.2, -0.15) is 0 Å². The minimum atomic E-state index is -0.196. The number of anilines is 2. The van der Waals surface area contributed by atoms with Gasteiger partial charge in [-0.25, -0.2) is 9.97 Å². The number of aromatic nitrogens is 2. The second-order valence-electron chi connectivity index (χ2n) is 6.71. The molecule has 0 saturated carbocycles. The highest BCUT2D eigenvalue weighted by molar-refractivity contribution is 6.04. The Morgan fingerprint density at radius 1 is 1.04 bits per heavy atom. The van der Waals surface area contributed by atoms with Gasteiger partial charge in [0.05, 0.1) is 0 Å². The molecular weight excluding hydrogens is 314 g/mol. The summed E-state index contributed by atoms with van der Waals surface area (Å²) in [6.07, 6.45) is 0. The SMILES string of the molecule is Cc1cc(C(=O)Nc2c(C)cccc2C)nc(N2CCN(C)CC2)n1. The highest BCUT2D eigenvalue weighted by Gasteiger charge is 2.19. The maximum absolute atomic E-state index is 12.7. The number of nitrogens with one attached hydrogen (secondary N) is 1. The molecule has 132 valence electrons. The Morgan fingerprint density at radius 2 is 1.68 bits per heavy atom. The Bertz CT molecular complexity index is 761. The molecule has 2 aromatic rings. The van der Waals surface area contributed by atoms with Crippen LogP contribution in [-0.2, 0) is 0 Å². The lowest BCUT2D eigenvalue weighted by atomic mass is 10.1. The van der Waals surface area contributed by atoms with Gasteiger partial charge >= 0.3 is 0 Å². The van der Waals surface area contributed by atoms with Crippen molar-refractivity contribution in [1.82, 2.24) is 14.9 Å². The molecule has 6 nitrogen and oxygen atoms in total. The van der Waals surface area contributed by atoms with Crippen LogP contribution in [0.3, 0.4) is 0 Å². The first-order valence-corrected chi connectivity index (χ1v) is 8.61. The maximum Gasteiger partial charge on any atom is 0.274 e. The van der Waals surface area contributed by atoms with Crippen LogP contribution in [0, 0.1) is 20.8 Å². The number of amides is 1. The van der Waals surface area contributed by atoms with Crippen LogP contribution in [0.2, 0.25) is 0 Å². The minimum Gasteiger partial charge on any atom is -0.338 e. The van der Waals surface area contributed by atoms with Gasteiger partial charge in [-0.15, -0.1) is 0 Å². The van der Waals surface area contributed by atoms with E-state index in [-0.39, 0.29) is 5.91 Å². The van der Waals surface area contributed by atoms with Crippen molar-refractivity contribution in [2.75, 3.05) is 43.4 Å². The van der Waals surface area contributed by atoms with Crippen molar-refractivity contribution in [3.63, 3.8) is 0 Å². The van der Waals surface area contributed by atoms with Crippen LogP contribution in [0.25, 0.3) is 0 Å². The van der Waals surface area contributed by atoms with Crippen LogP contribution in [-0.4, -0.2) is 54.0 Å². The van der Waals surface area contributed by atoms with Crippen molar-refractivity contribution in [1.29, 1.82) is 0 Å². The number of carbonyl (C=O) groups is 1. The second-order valence-corrected chi connectivity index (χ2v) is 6.71. The molecule has 1 N–H and O–H groups in total. The van der Waals surface area contributed by atoms with Gasteiger partial charge in [0, 0.05) is 37.6 Å². The molecule has 0 radical (unpaired) electrons. The third kappa shape index (κ3) is 3.96. The van der Waals surface area contributed by atoms with Crippen LogP contribution in [0.15, 0.2) is 24.3 Å². The lowest BCUT2D eigenvalue weighted by molar-refractivity contribution is 0.102. The fraction of sp³-hybridized carbons (Fsp3) is 0.421. The minimum absolute atomic E-state index is 0.196.